The van der Waals surface area contributed by atoms with Crippen LogP contribution in [0.4, 0.5) is 5.69 Å². The maximum absolute atomic E-state index is 12.3. The average Bonchev–Trinajstić information content (AvgIpc) is 2.45. The molecule has 0 aliphatic rings. The highest BCUT2D eigenvalue weighted by molar-refractivity contribution is 7.89. The van der Waals surface area contributed by atoms with E-state index in [1.807, 2.05) is 13.8 Å². The molecule has 1 rings (SSSR count). The molecular weight excluding hydrogens is 308 g/mol. The van der Waals surface area contributed by atoms with Crippen LogP contribution < -0.4 is 10.0 Å². The minimum absolute atomic E-state index is 0.0486. The highest BCUT2D eigenvalue weighted by Gasteiger charge is 2.21. The number of hydrogen-bond donors (Lipinski definition) is 4. The van der Waals surface area contributed by atoms with Gasteiger partial charge in [0.2, 0.25) is 10.0 Å². The van der Waals surface area contributed by atoms with E-state index in [-0.39, 0.29) is 29.7 Å². The number of nitrogens with one attached hydrogen (secondary N) is 2. The largest absolute Gasteiger partial charge is 0.478 e. The lowest BCUT2D eigenvalue weighted by atomic mass is 10.1. The summed E-state index contributed by atoms with van der Waals surface area (Å²) in [6.07, 6.45) is 1.79. The number of aromatic carboxylic acids is 1. The summed E-state index contributed by atoms with van der Waals surface area (Å²) in [6, 6.07) is 3.97. The number of carbonyl (C=O) groups is 1. The van der Waals surface area contributed by atoms with Crippen molar-refractivity contribution in [3.05, 3.63) is 23.8 Å². The second-order valence-electron chi connectivity index (χ2n) is 4.97. The molecule has 0 radical (unpaired) electrons. The Labute approximate surface area is 130 Å². The van der Waals surface area contributed by atoms with Gasteiger partial charge in [-0.05, 0) is 31.5 Å². The lowest BCUT2D eigenvalue weighted by molar-refractivity contribution is 0.0696. The van der Waals surface area contributed by atoms with E-state index in [9.17, 15) is 13.2 Å². The van der Waals surface area contributed by atoms with E-state index >= 15 is 0 Å². The van der Waals surface area contributed by atoms with Crippen LogP contribution in [0.25, 0.3) is 0 Å². The number of benzene rings is 1. The molecule has 0 saturated heterocycles. The van der Waals surface area contributed by atoms with Gasteiger partial charge in [-0.3, -0.25) is 0 Å². The highest BCUT2D eigenvalue weighted by atomic mass is 32.2. The minimum atomic E-state index is -3.91. The van der Waals surface area contributed by atoms with E-state index in [1.54, 1.807) is 0 Å². The quantitative estimate of drug-likeness (QED) is 0.542. The molecule has 0 amide bonds. The van der Waals surface area contributed by atoms with Crippen LogP contribution in [0.5, 0.6) is 0 Å². The molecule has 8 heteroatoms. The van der Waals surface area contributed by atoms with Crippen LogP contribution in [-0.4, -0.2) is 43.8 Å². The summed E-state index contributed by atoms with van der Waals surface area (Å²) >= 11 is 0. The van der Waals surface area contributed by atoms with Gasteiger partial charge < -0.3 is 15.5 Å². The Morgan fingerprint density at radius 2 is 2.05 bits per heavy atom. The smallest absolute Gasteiger partial charge is 0.335 e. The number of hydrogen-bond acceptors (Lipinski definition) is 5. The van der Waals surface area contributed by atoms with Crippen LogP contribution in [0.3, 0.4) is 0 Å². The van der Waals surface area contributed by atoms with Gasteiger partial charge in [0.15, 0.2) is 0 Å². The second-order valence-corrected chi connectivity index (χ2v) is 6.71. The van der Waals surface area contributed by atoms with Crippen molar-refractivity contribution in [2.45, 2.75) is 37.6 Å². The molecule has 1 unspecified atom stereocenters. The third-order valence-electron chi connectivity index (χ3n) is 3.05. The maximum Gasteiger partial charge on any atom is 0.335 e. The van der Waals surface area contributed by atoms with Gasteiger partial charge in [0.25, 0.3) is 0 Å². The van der Waals surface area contributed by atoms with Gasteiger partial charge in [-0.25, -0.2) is 17.9 Å². The first kappa shape index (κ1) is 18.4. The first-order valence-electron chi connectivity index (χ1n) is 7.06. The molecule has 4 N–H and O–H groups in total. The molecule has 124 valence electrons. The van der Waals surface area contributed by atoms with E-state index in [1.165, 1.54) is 12.1 Å². The van der Waals surface area contributed by atoms with Crippen LogP contribution in [0.15, 0.2) is 23.1 Å². The van der Waals surface area contributed by atoms with Gasteiger partial charge >= 0.3 is 5.97 Å². The van der Waals surface area contributed by atoms with Crippen molar-refractivity contribution < 1.29 is 23.4 Å². The maximum atomic E-state index is 12.3. The molecule has 0 bridgehead atoms. The third-order valence-corrected chi connectivity index (χ3v) is 4.55. The molecule has 7 nitrogen and oxygen atoms in total. The van der Waals surface area contributed by atoms with E-state index in [4.69, 9.17) is 10.2 Å². The van der Waals surface area contributed by atoms with Crippen molar-refractivity contribution in [2.24, 2.45) is 0 Å². The fraction of sp³-hybridized carbons (Fsp3) is 0.500. The van der Waals surface area contributed by atoms with Crippen molar-refractivity contribution in [1.29, 1.82) is 0 Å². The topological polar surface area (TPSA) is 116 Å². The van der Waals surface area contributed by atoms with Crippen LogP contribution in [0.2, 0.25) is 0 Å². The SMILES string of the molecule is CCCC(C)Nc1ccc(C(=O)O)cc1S(=O)(=O)NCCO. The summed E-state index contributed by atoms with van der Waals surface area (Å²) in [4.78, 5) is 10.9. The van der Waals surface area contributed by atoms with E-state index in [0.29, 0.717) is 5.69 Å². The molecule has 0 heterocycles. The summed E-state index contributed by atoms with van der Waals surface area (Å²) in [7, 11) is -3.91. The summed E-state index contributed by atoms with van der Waals surface area (Å²) < 4.78 is 26.8. The van der Waals surface area contributed by atoms with Crippen LogP contribution in [-0.2, 0) is 10.0 Å². The highest BCUT2D eigenvalue weighted by Crippen LogP contribution is 2.24. The normalized spacial score (nSPS) is 12.9. The molecule has 0 aliphatic heterocycles. The second kappa shape index (κ2) is 8.11. The Hall–Kier alpha value is -1.64. The van der Waals surface area contributed by atoms with Crippen LogP contribution in [0, 0.1) is 0 Å². The zero-order valence-electron chi connectivity index (χ0n) is 12.7. The van der Waals surface area contributed by atoms with E-state index < -0.39 is 16.0 Å². The molecule has 0 aromatic heterocycles. The van der Waals surface area contributed by atoms with Gasteiger partial charge in [0, 0.05) is 12.6 Å². The zero-order valence-corrected chi connectivity index (χ0v) is 13.5. The van der Waals surface area contributed by atoms with Crippen LogP contribution in [0.1, 0.15) is 37.0 Å². The summed E-state index contributed by atoms with van der Waals surface area (Å²) in [5.41, 5.74) is 0.231. The van der Waals surface area contributed by atoms with Gasteiger partial charge in [-0.15, -0.1) is 0 Å². The van der Waals surface area contributed by atoms with Crippen molar-refractivity contribution in [3.8, 4) is 0 Å². The lowest BCUT2D eigenvalue weighted by Gasteiger charge is -2.18. The molecule has 0 aliphatic carbocycles. The average molecular weight is 330 g/mol. The predicted molar refractivity (Wildman–Crippen MR) is 83.7 cm³/mol. The summed E-state index contributed by atoms with van der Waals surface area (Å²) in [5.74, 6) is -1.20. The molecule has 22 heavy (non-hydrogen) atoms. The van der Waals surface area contributed by atoms with Crippen molar-refractivity contribution in [2.75, 3.05) is 18.5 Å². The Morgan fingerprint density at radius 1 is 1.36 bits per heavy atom. The number of aliphatic hydroxyl groups excluding tert-OH is 1. The summed E-state index contributed by atoms with van der Waals surface area (Å²) in [5, 5.41) is 20.9. The molecule has 1 aromatic carbocycles. The van der Waals surface area contributed by atoms with Crippen molar-refractivity contribution in [3.63, 3.8) is 0 Å². The molecule has 0 spiro atoms. The Kier molecular flexibility index (Phi) is 6.79. The molecule has 0 saturated carbocycles. The molecule has 1 atom stereocenters. The third kappa shape index (κ3) is 4.97. The van der Waals surface area contributed by atoms with Crippen molar-refractivity contribution >= 4 is 21.7 Å². The van der Waals surface area contributed by atoms with Gasteiger partial charge in [0.1, 0.15) is 4.90 Å². The number of aliphatic hydroxyl groups is 1. The fourth-order valence-electron chi connectivity index (χ4n) is 2.03. The van der Waals surface area contributed by atoms with Crippen LogP contribution >= 0.6 is 0 Å². The van der Waals surface area contributed by atoms with Gasteiger partial charge in [0.05, 0.1) is 17.9 Å². The number of anilines is 1. The Bertz CT molecular complexity index is 616. The number of carboxylic acid groups (broad SMARTS) is 1. The monoisotopic (exact) mass is 330 g/mol. The van der Waals surface area contributed by atoms with Gasteiger partial charge in [-0.1, -0.05) is 13.3 Å². The zero-order chi connectivity index (χ0) is 16.8. The lowest BCUT2D eigenvalue weighted by Crippen LogP contribution is -2.28. The predicted octanol–water partition coefficient (Wildman–Crippen LogP) is 1.26. The Balaban J connectivity index is 3.23. The fourth-order valence-corrected chi connectivity index (χ4v) is 3.24. The number of sulfonamides is 1. The molecule has 0 fully saturated rings. The first-order valence-corrected chi connectivity index (χ1v) is 8.54. The first-order chi connectivity index (χ1) is 10.3. The molecular formula is C14H22N2O5S. The van der Waals surface area contributed by atoms with E-state index in [0.717, 1.165) is 18.9 Å². The molecule has 1 aromatic rings. The standard InChI is InChI=1S/C14H22N2O5S/c1-3-4-10(2)16-12-6-5-11(14(18)19)9-13(12)22(20,21)15-7-8-17/h5-6,9-10,15-17H,3-4,7-8H2,1-2H3,(H,18,19). The van der Waals surface area contributed by atoms with E-state index in [2.05, 4.69) is 10.0 Å². The van der Waals surface area contributed by atoms with Crippen molar-refractivity contribution in [1.82, 2.24) is 4.72 Å². The minimum Gasteiger partial charge on any atom is -0.478 e. The van der Waals surface area contributed by atoms with Gasteiger partial charge in [-0.2, -0.15) is 0 Å². The number of carboxylic acids is 1. The Morgan fingerprint density at radius 3 is 2.59 bits per heavy atom. The summed E-state index contributed by atoms with van der Waals surface area (Å²) in [6.45, 7) is 3.47. The number of rotatable bonds is 9.